The number of para-hydroxylation sites is 1. The Morgan fingerprint density at radius 2 is 2.10 bits per heavy atom. The summed E-state index contributed by atoms with van der Waals surface area (Å²) in [6.45, 7) is 0.518. The van der Waals surface area contributed by atoms with E-state index in [1.807, 2.05) is 35.2 Å². The predicted molar refractivity (Wildman–Crippen MR) is 86.3 cm³/mol. The monoisotopic (exact) mass is 349 g/mol. The summed E-state index contributed by atoms with van der Waals surface area (Å²) in [6.07, 6.45) is 2.07. The van der Waals surface area contributed by atoms with E-state index in [2.05, 4.69) is 25.9 Å². The summed E-state index contributed by atoms with van der Waals surface area (Å²) in [4.78, 5) is 10.6. The first-order chi connectivity index (χ1) is 10.1. The first-order valence-electron chi connectivity index (χ1n) is 6.34. The molecule has 0 spiro atoms. The molecule has 0 aliphatic carbocycles. The van der Waals surface area contributed by atoms with Crippen LogP contribution >= 0.6 is 15.9 Å². The van der Waals surface area contributed by atoms with Crippen LogP contribution < -0.4 is 15.4 Å². The largest absolute Gasteiger partial charge is 0.480 e. The normalized spacial score (nSPS) is 10.2. The highest BCUT2D eigenvalue weighted by atomic mass is 79.9. The number of hydrogen-bond acceptors (Lipinski definition) is 5. The van der Waals surface area contributed by atoms with Crippen LogP contribution in [0.25, 0.3) is 0 Å². The number of nitrogens with one attached hydrogen (secondary N) is 1. The molecule has 6 nitrogen and oxygen atoms in total. The van der Waals surface area contributed by atoms with Gasteiger partial charge in [-0.3, -0.25) is 5.41 Å². The molecule has 2 rings (SSSR count). The molecule has 2 aromatic rings. The minimum Gasteiger partial charge on any atom is -0.480 e. The van der Waals surface area contributed by atoms with E-state index in [9.17, 15) is 0 Å². The van der Waals surface area contributed by atoms with Crippen molar-refractivity contribution in [3.8, 4) is 5.88 Å². The zero-order valence-electron chi connectivity index (χ0n) is 11.6. The molecule has 3 N–H and O–H groups in total. The third kappa shape index (κ3) is 3.91. The fraction of sp³-hybridized carbons (Fsp3) is 0.214. The Morgan fingerprint density at radius 3 is 2.71 bits per heavy atom. The Bertz CT molecular complexity index is 620. The standard InChI is InChI=1S/C14H16BrN5O/c1-21-13-11(15)9-18-14(19-13)20(8-7-12(16)17)10-5-3-2-4-6-10/h2-6,9H,7-8H2,1H3,(H3,16,17). The van der Waals surface area contributed by atoms with Crippen LogP contribution in [0.4, 0.5) is 11.6 Å². The average Bonchev–Trinajstić information content (AvgIpc) is 2.49. The zero-order valence-corrected chi connectivity index (χ0v) is 13.2. The second-order valence-corrected chi connectivity index (χ2v) is 5.14. The van der Waals surface area contributed by atoms with Crippen LogP contribution in [0.5, 0.6) is 5.88 Å². The van der Waals surface area contributed by atoms with E-state index in [-0.39, 0.29) is 5.84 Å². The molecule has 1 aromatic carbocycles. The van der Waals surface area contributed by atoms with E-state index in [4.69, 9.17) is 15.9 Å². The maximum atomic E-state index is 7.40. The Hall–Kier alpha value is -2.15. The van der Waals surface area contributed by atoms with Crippen LogP contribution in [-0.4, -0.2) is 29.5 Å². The van der Waals surface area contributed by atoms with Gasteiger partial charge in [0.25, 0.3) is 0 Å². The summed E-state index contributed by atoms with van der Waals surface area (Å²) in [5.41, 5.74) is 6.39. The molecule has 0 bridgehead atoms. The van der Waals surface area contributed by atoms with Crippen molar-refractivity contribution in [2.45, 2.75) is 6.42 Å². The van der Waals surface area contributed by atoms with Crippen molar-refractivity contribution in [1.82, 2.24) is 9.97 Å². The van der Waals surface area contributed by atoms with E-state index in [1.54, 1.807) is 13.3 Å². The number of nitrogens with two attached hydrogens (primary N) is 1. The van der Waals surface area contributed by atoms with E-state index in [0.29, 0.717) is 29.3 Å². The Kier molecular flexibility index (Phi) is 5.10. The van der Waals surface area contributed by atoms with Crippen molar-refractivity contribution < 1.29 is 4.74 Å². The molecule has 0 fully saturated rings. The Labute approximate surface area is 131 Å². The van der Waals surface area contributed by atoms with Crippen LogP contribution in [-0.2, 0) is 0 Å². The van der Waals surface area contributed by atoms with Gasteiger partial charge in [0.1, 0.15) is 0 Å². The smallest absolute Gasteiger partial charge is 0.233 e. The maximum Gasteiger partial charge on any atom is 0.233 e. The second kappa shape index (κ2) is 7.03. The van der Waals surface area contributed by atoms with E-state index in [0.717, 1.165) is 5.69 Å². The molecule has 0 aliphatic heterocycles. The number of hydrogen-bond donors (Lipinski definition) is 2. The summed E-state index contributed by atoms with van der Waals surface area (Å²) in [6, 6.07) is 9.73. The molecule has 0 amide bonds. The van der Waals surface area contributed by atoms with Crippen molar-refractivity contribution >= 4 is 33.4 Å². The van der Waals surface area contributed by atoms with Crippen molar-refractivity contribution in [2.24, 2.45) is 5.73 Å². The molecular weight excluding hydrogens is 334 g/mol. The number of ether oxygens (including phenoxy) is 1. The van der Waals surface area contributed by atoms with Crippen LogP contribution in [0.3, 0.4) is 0 Å². The van der Waals surface area contributed by atoms with Crippen molar-refractivity contribution in [3.05, 3.63) is 41.0 Å². The van der Waals surface area contributed by atoms with Gasteiger partial charge in [0.05, 0.1) is 23.6 Å². The molecular formula is C14H16BrN5O. The molecule has 1 heterocycles. The zero-order chi connectivity index (χ0) is 15.2. The maximum absolute atomic E-state index is 7.40. The molecule has 0 unspecified atom stereocenters. The Balaban J connectivity index is 2.37. The molecule has 0 atom stereocenters. The SMILES string of the molecule is COc1nc(N(CCC(=N)N)c2ccccc2)ncc1Br. The Morgan fingerprint density at radius 1 is 1.38 bits per heavy atom. The van der Waals surface area contributed by atoms with Gasteiger partial charge in [-0.25, -0.2) is 4.98 Å². The summed E-state index contributed by atoms with van der Waals surface area (Å²) < 4.78 is 5.89. The average molecular weight is 350 g/mol. The van der Waals surface area contributed by atoms with Gasteiger partial charge >= 0.3 is 0 Å². The van der Waals surface area contributed by atoms with Gasteiger partial charge in [-0.05, 0) is 28.1 Å². The van der Waals surface area contributed by atoms with E-state index in [1.165, 1.54) is 0 Å². The number of amidine groups is 1. The van der Waals surface area contributed by atoms with E-state index >= 15 is 0 Å². The minimum atomic E-state index is 0.125. The van der Waals surface area contributed by atoms with Crippen LogP contribution in [0.2, 0.25) is 0 Å². The minimum absolute atomic E-state index is 0.125. The number of anilines is 2. The highest BCUT2D eigenvalue weighted by Gasteiger charge is 2.14. The molecule has 0 saturated carbocycles. The van der Waals surface area contributed by atoms with E-state index < -0.39 is 0 Å². The van der Waals surface area contributed by atoms with Gasteiger partial charge in [0.2, 0.25) is 11.8 Å². The molecule has 21 heavy (non-hydrogen) atoms. The summed E-state index contributed by atoms with van der Waals surface area (Å²) >= 11 is 3.34. The number of aromatic nitrogens is 2. The quantitative estimate of drug-likeness (QED) is 0.618. The van der Waals surface area contributed by atoms with Crippen molar-refractivity contribution in [2.75, 3.05) is 18.6 Å². The third-order valence-corrected chi connectivity index (χ3v) is 3.35. The van der Waals surface area contributed by atoms with Crippen molar-refractivity contribution in [3.63, 3.8) is 0 Å². The highest BCUT2D eigenvalue weighted by molar-refractivity contribution is 9.10. The number of methoxy groups -OCH3 is 1. The summed E-state index contributed by atoms with van der Waals surface area (Å²) in [5, 5.41) is 7.40. The van der Waals surface area contributed by atoms with Gasteiger partial charge in [-0.1, -0.05) is 18.2 Å². The van der Waals surface area contributed by atoms with Gasteiger partial charge < -0.3 is 15.4 Å². The molecule has 0 saturated heterocycles. The third-order valence-electron chi connectivity index (χ3n) is 2.81. The van der Waals surface area contributed by atoms with Crippen molar-refractivity contribution in [1.29, 1.82) is 5.41 Å². The number of rotatable bonds is 6. The fourth-order valence-electron chi connectivity index (χ4n) is 1.80. The first-order valence-corrected chi connectivity index (χ1v) is 7.13. The lowest BCUT2D eigenvalue weighted by Gasteiger charge is -2.22. The second-order valence-electron chi connectivity index (χ2n) is 4.29. The van der Waals surface area contributed by atoms with Gasteiger partial charge in [-0.15, -0.1) is 0 Å². The van der Waals surface area contributed by atoms with Crippen LogP contribution in [0, 0.1) is 5.41 Å². The molecule has 110 valence electrons. The first kappa shape index (κ1) is 15.2. The summed E-state index contributed by atoms with van der Waals surface area (Å²) in [5.74, 6) is 1.09. The van der Waals surface area contributed by atoms with Crippen LogP contribution in [0.1, 0.15) is 6.42 Å². The topological polar surface area (TPSA) is 88.1 Å². The number of halogens is 1. The highest BCUT2D eigenvalue weighted by Crippen LogP contribution is 2.27. The molecule has 1 aromatic heterocycles. The lowest BCUT2D eigenvalue weighted by Crippen LogP contribution is -2.25. The molecule has 0 radical (unpaired) electrons. The predicted octanol–water partition coefficient (Wildman–Crippen LogP) is 2.71. The van der Waals surface area contributed by atoms with Gasteiger partial charge in [-0.2, -0.15) is 4.98 Å². The van der Waals surface area contributed by atoms with Crippen LogP contribution in [0.15, 0.2) is 41.0 Å². The molecule has 7 heteroatoms. The van der Waals surface area contributed by atoms with Gasteiger partial charge in [0.15, 0.2) is 0 Å². The number of benzene rings is 1. The summed E-state index contributed by atoms with van der Waals surface area (Å²) in [7, 11) is 1.55. The lowest BCUT2D eigenvalue weighted by atomic mass is 10.2. The lowest BCUT2D eigenvalue weighted by molar-refractivity contribution is 0.394. The van der Waals surface area contributed by atoms with Gasteiger partial charge in [0, 0.05) is 18.7 Å². The fourth-order valence-corrected chi connectivity index (χ4v) is 2.15. The molecule has 0 aliphatic rings. The number of nitrogens with zero attached hydrogens (tertiary/aromatic N) is 3.